The molecule has 0 aliphatic rings. The number of hydrazine groups is 1. The van der Waals surface area contributed by atoms with Gasteiger partial charge in [0.1, 0.15) is 5.75 Å². The lowest BCUT2D eigenvalue weighted by molar-refractivity contribution is -0.121. The third-order valence-electron chi connectivity index (χ3n) is 4.85. The van der Waals surface area contributed by atoms with E-state index in [1.807, 2.05) is 45.1 Å². The Balaban J connectivity index is 2.64. The molecular weight excluding hydrogens is 395 g/mol. The lowest BCUT2D eigenvalue weighted by Gasteiger charge is -2.20. The number of rotatable bonds is 12. The van der Waals surface area contributed by atoms with Crippen LogP contribution in [0.2, 0.25) is 0 Å². The molecule has 31 heavy (non-hydrogen) atoms. The highest BCUT2D eigenvalue weighted by Gasteiger charge is 2.25. The molecular formula is C22H35BN4O4. The molecule has 170 valence electrons. The van der Waals surface area contributed by atoms with Gasteiger partial charge in [-0.25, -0.2) is 5.84 Å². The predicted molar refractivity (Wildman–Crippen MR) is 125 cm³/mol. The maximum Gasteiger partial charge on any atom is 0.475 e. The van der Waals surface area contributed by atoms with Gasteiger partial charge in [0.05, 0.1) is 18.7 Å². The maximum atomic E-state index is 12.3. The first-order valence-corrected chi connectivity index (χ1v) is 10.3. The Hall–Kier alpha value is -2.75. The first kappa shape index (κ1) is 26.3. The second kappa shape index (κ2) is 13.5. The van der Waals surface area contributed by atoms with Crippen molar-refractivity contribution in [1.29, 1.82) is 0 Å². The van der Waals surface area contributed by atoms with Crippen LogP contribution >= 0.6 is 0 Å². The summed E-state index contributed by atoms with van der Waals surface area (Å²) in [4.78, 5) is 12.3. The lowest BCUT2D eigenvalue weighted by atomic mass is 9.75. The number of amides is 1. The minimum absolute atomic E-state index is 0.0705. The Morgan fingerprint density at radius 2 is 1.97 bits per heavy atom. The standard InChI is InChI=1S/C22H35BN4O4/c1-5-16(3)13-17(6-2)14-21(23(29)30)26-22(28)11-12-27(25)15-20(24)18-7-9-19(31-4)10-8-18/h6-10,13,15,21,29-30H,5,11-12,14,24-25H2,1-4H3,(H,26,28)/b16-13+,17-6+,20-15-/t21-/m0/s1. The molecule has 8 nitrogen and oxygen atoms in total. The largest absolute Gasteiger partial charge is 0.497 e. The Morgan fingerprint density at radius 1 is 1.32 bits per heavy atom. The van der Waals surface area contributed by atoms with Gasteiger partial charge in [-0.15, -0.1) is 0 Å². The van der Waals surface area contributed by atoms with Gasteiger partial charge in [0.25, 0.3) is 0 Å². The molecule has 1 atom stereocenters. The number of methoxy groups -OCH3 is 1. The molecule has 0 radical (unpaired) electrons. The number of nitrogens with zero attached hydrogens (tertiary/aromatic N) is 1. The zero-order chi connectivity index (χ0) is 23.4. The van der Waals surface area contributed by atoms with Gasteiger partial charge in [0, 0.05) is 19.2 Å². The Kier molecular flexibility index (Phi) is 11.5. The van der Waals surface area contributed by atoms with Crippen LogP contribution < -0.4 is 21.6 Å². The fourth-order valence-electron chi connectivity index (χ4n) is 2.77. The highest BCUT2D eigenvalue weighted by Crippen LogP contribution is 2.16. The fraction of sp³-hybridized carbons (Fsp3) is 0.409. The van der Waals surface area contributed by atoms with Gasteiger partial charge in [-0.2, -0.15) is 0 Å². The molecule has 0 fully saturated rings. The molecule has 1 aromatic carbocycles. The SMILES string of the molecule is C/C=C(\C=C(/C)CC)C[C@H](NC(=O)CCN(N)/C=C(\N)c1ccc(OC)cc1)B(O)O. The monoisotopic (exact) mass is 430 g/mol. The van der Waals surface area contributed by atoms with E-state index in [2.05, 4.69) is 5.32 Å². The number of ether oxygens (including phenoxy) is 1. The second-order valence-corrected chi connectivity index (χ2v) is 7.30. The molecule has 1 amide bonds. The smallest absolute Gasteiger partial charge is 0.475 e. The fourth-order valence-corrected chi connectivity index (χ4v) is 2.77. The number of allylic oxidation sites excluding steroid dienone is 3. The minimum Gasteiger partial charge on any atom is -0.497 e. The number of nitrogens with one attached hydrogen (secondary N) is 1. The van der Waals surface area contributed by atoms with E-state index in [0.29, 0.717) is 12.1 Å². The summed E-state index contributed by atoms with van der Waals surface area (Å²) in [7, 11) is -0.0856. The van der Waals surface area contributed by atoms with Crippen LogP contribution in [0.4, 0.5) is 0 Å². The van der Waals surface area contributed by atoms with E-state index in [1.54, 1.807) is 25.4 Å². The van der Waals surface area contributed by atoms with Crippen molar-refractivity contribution in [2.45, 2.75) is 46.0 Å². The third-order valence-corrected chi connectivity index (χ3v) is 4.85. The average molecular weight is 430 g/mol. The Bertz CT molecular complexity index is 791. The third kappa shape index (κ3) is 9.74. The molecule has 7 N–H and O–H groups in total. The van der Waals surface area contributed by atoms with Crippen LogP contribution in [-0.2, 0) is 4.79 Å². The van der Waals surface area contributed by atoms with Gasteiger partial charge >= 0.3 is 7.12 Å². The van der Waals surface area contributed by atoms with Crippen LogP contribution in [0.25, 0.3) is 5.70 Å². The van der Waals surface area contributed by atoms with Gasteiger partial charge in [-0.05, 0) is 56.5 Å². The summed E-state index contributed by atoms with van der Waals surface area (Å²) in [6.07, 6.45) is 6.72. The summed E-state index contributed by atoms with van der Waals surface area (Å²) in [5.41, 5.74) is 9.38. The van der Waals surface area contributed by atoms with E-state index < -0.39 is 13.1 Å². The summed E-state index contributed by atoms with van der Waals surface area (Å²) < 4.78 is 5.12. The van der Waals surface area contributed by atoms with Gasteiger partial charge in [-0.3, -0.25) is 4.79 Å². The molecule has 0 spiro atoms. The van der Waals surface area contributed by atoms with Gasteiger partial charge < -0.3 is 30.8 Å². The zero-order valence-electron chi connectivity index (χ0n) is 18.8. The van der Waals surface area contributed by atoms with E-state index in [4.69, 9.17) is 16.3 Å². The molecule has 9 heteroatoms. The van der Waals surface area contributed by atoms with Crippen LogP contribution in [-0.4, -0.2) is 47.7 Å². The quantitative estimate of drug-likeness (QED) is 0.148. The van der Waals surface area contributed by atoms with Crippen molar-refractivity contribution < 1.29 is 19.6 Å². The highest BCUT2D eigenvalue weighted by atomic mass is 16.5. The van der Waals surface area contributed by atoms with E-state index in [-0.39, 0.29) is 18.9 Å². The Morgan fingerprint density at radius 3 is 2.48 bits per heavy atom. The van der Waals surface area contributed by atoms with E-state index >= 15 is 0 Å². The number of carbonyl (C=O) groups is 1. The molecule has 0 aliphatic carbocycles. The van der Waals surface area contributed by atoms with Gasteiger partial charge in [-0.1, -0.05) is 30.2 Å². The van der Waals surface area contributed by atoms with Crippen molar-refractivity contribution in [3.8, 4) is 5.75 Å². The number of benzene rings is 1. The molecule has 1 aromatic rings. The molecule has 0 heterocycles. The van der Waals surface area contributed by atoms with Crippen molar-refractivity contribution in [2.24, 2.45) is 11.6 Å². The summed E-state index contributed by atoms with van der Waals surface area (Å²) in [6.45, 7) is 6.15. The lowest BCUT2D eigenvalue weighted by Crippen LogP contribution is -2.47. The van der Waals surface area contributed by atoms with Crippen LogP contribution in [0.3, 0.4) is 0 Å². The molecule has 0 aromatic heterocycles. The van der Waals surface area contributed by atoms with Gasteiger partial charge in [0.15, 0.2) is 0 Å². The topological polar surface area (TPSA) is 134 Å². The Labute approximate surface area is 185 Å². The first-order valence-electron chi connectivity index (χ1n) is 10.3. The van der Waals surface area contributed by atoms with Crippen molar-refractivity contribution in [1.82, 2.24) is 10.3 Å². The van der Waals surface area contributed by atoms with E-state index in [0.717, 1.165) is 23.3 Å². The van der Waals surface area contributed by atoms with Crippen LogP contribution in [0, 0.1) is 0 Å². The predicted octanol–water partition coefficient (Wildman–Crippen LogP) is 1.71. The van der Waals surface area contributed by atoms with Gasteiger partial charge in [0.2, 0.25) is 5.91 Å². The summed E-state index contributed by atoms with van der Waals surface area (Å²) in [5.74, 6) is 5.51. The molecule has 0 bridgehead atoms. The second-order valence-electron chi connectivity index (χ2n) is 7.30. The van der Waals surface area contributed by atoms with Crippen LogP contribution in [0.5, 0.6) is 5.75 Å². The van der Waals surface area contributed by atoms with Crippen LogP contribution in [0.15, 0.2) is 53.8 Å². The first-order chi connectivity index (χ1) is 14.7. The van der Waals surface area contributed by atoms with E-state index in [1.165, 1.54) is 10.6 Å². The van der Waals surface area contributed by atoms with Crippen molar-refractivity contribution in [3.05, 3.63) is 59.3 Å². The summed E-state index contributed by atoms with van der Waals surface area (Å²) in [6, 6.07) is 7.21. The maximum absolute atomic E-state index is 12.3. The minimum atomic E-state index is -1.67. The van der Waals surface area contributed by atoms with E-state index in [9.17, 15) is 14.8 Å². The molecule has 0 aliphatic heterocycles. The molecule has 0 unspecified atom stereocenters. The summed E-state index contributed by atoms with van der Waals surface area (Å²) >= 11 is 0. The van der Waals surface area contributed by atoms with Crippen molar-refractivity contribution >= 4 is 18.7 Å². The van der Waals surface area contributed by atoms with Crippen LogP contribution in [0.1, 0.15) is 45.6 Å². The normalized spacial score (nSPS) is 13.6. The molecule has 0 saturated carbocycles. The molecule has 0 saturated heterocycles. The number of nitrogens with two attached hydrogens (primary N) is 2. The number of hydrogen-bond acceptors (Lipinski definition) is 7. The molecule has 1 rings (SSSR count). The highest BCUT2D eigenvalue weighted by molar-refractivity contribution is 6.43. The van der Waals surface area contributed by atoms with Crippen molar-refractivity contribution in [2.75, 3.05) is 13.7 Å². The summed E-state index contributed by atoms with van der Waals surface area (Å²) in [5, 5.41) is 23.4. The van der Waals surface area contributed by atoms with Crippen molar-refractivity contribution in [3.63, 3.8) is 0 Å². The number of hydrogen-bond donors (Lipinski definition) is 5. The zero-order valence-corrected chi connectivity index (χ0v) is 18.8. The average Bonchev–Trinajstić information content (AvgIpc) is 2.76. The number of carbonyl (C=O) groups excluding carboxylic acids is 1.